The van der Waals surface area contributed by atoms with E-state index in [9.17, 15) is 9.59 Å². The minimum Gasteiger partial charge on any atom is -0.341 e. The Balaban J connectivity index is 1.69. The summed E-state index contributed by atoms with van der Waals surface area (Å²) in [5.74, 6) is 0.00735. The van der Waals surface area contributed by atoms with Crippen LogP contribution in [0.5, 0.6) is 0 Å². The van der Waals surface area contributed by atoms with E-state index in [4.69, 9.17) is 0 Å². The molecule has 0 saturated carbocycles. The molecule has 1 spiro atoms. The molecule has 2 aliphatic heterocycles. The molecule has 2 aromatic rings. The third-order valence-corrected chi connectivity index (χ3v) is 5.60. The average Bonchev–Trinajstić information content (AvgIpc) is 3.24. The SMILES string of the molecule is CCCN1CCCC2(CCCN2C(=O)c2n[nH]c3ccccc23)C1=O. The number of likely N-dealkylation sites (tertiary alicyclic amines) is 2. The molecule has 1 unspecified atom stereocenters. The predicted molar refractivity (Wildman–Crippen MR) is 95.2 cm³/mol. The first-order chi connectivity index (χ1) is 12.2. The molecule has 2 fully saturated rings. The van der Waals surface area contributed by atoms with Crippen LogP contribution >= 0.6 is 0 Å². The highest BCUT2D eigenvalue weighted by molar-refractivity contribution is 6.07. The van der Waals surface area contributed by atoms with Gasteiger partial charge in [0.1, 0.15) is 5.54 Å². The van der Waals surface area contributed by atoms with Crippen LogP contribution < -0.4 is 0 Å². The molecule has 3 heterocycles. The summed E-state index contributed by atoms with van der Waals surface area (Å²) in [6, 6.07) is 7.64. The number of rotatable bonds is 3. The summed E-state index contributed by atoms with van der Waals surface area (Å²) in [5.41, 5.74) is 0.615. The van der Waals surface area contributed by atoms with Crippen molar-refractivity contribution in [2.24, 2.45) is 0 Å². The summed E-state index contributed by atoms with van der Waals surface area (Å²) in [7, 11) is 0. The second-order valence-corrected chi connectivity index (χ2v) is 7.11. The molecule has 1 N–H and O–H groups in total. The lowest BCUT2D eigenvalue weighted by atomic mass is 9.85. The van der Waals surface area contributed by atoms with Crippen molar-refractivity contribution in [2.45, 2.75) is 44.6 Å². The molecule has 1 aromatic heterocycles. The third kappa shape index (κ3) is 2.42. The van der Waals surface area contributed by atoms with Gasteiger partial charge in [-0.2, -0.15) is 5.10 Å². The normalized spacial score (nSPS) is 23.8. The zero-order valence-corrected chi connectivity index (χ0v) is 14.6. The fourth-order valence-electron chi connectivity index (χ4n) is 4.46. The summed E-state index contributed by atoms with van der Waals surface area (Å²) in [6.07, 6.45) is 4.30. The van der Waals surface area contributed by atoms with Crippen LogP contribution in [0.25, 0.3) is 10.9 Å². The van der Waals surface area contributed by atoms with Crippen LogP contribution in [-0.2, 0) is 4.79 Å². The van der Waals surface area contributed by atoms with E-state index in [0.717, 1.165) is 56.1 Å². The quantitative estimate of drug-likeness (QED) is 0.933. The van der Waals surface area contributed by atoms with Crippen LogP contribution in [0.2, 0.25) is 0 Å². The molecular weight excluding hydrogens is 316 g/mol. The highest BCUT2D eigenvalue weighted by Gasteiger charge is 2.53. The fourth-order valence-corrected chi connectivity index (χ4v) is 4.46. The van der Waals surface area contributed by atoms with Crippen molar-refractivity contribution < 1.29 is 9.59 Å². The maximum atomic E-state index is 13.3. The van der Waals surface area contributed by atoms with Gasteiger partial charge in [0.05, 0.1) is 5.52 Å². The molecule has 1 atom stereocenters. The first kappa shape index (κ1) is 16.1. The van der Waals surface area contributed by atoms with E-state index in [-0.39, 0.29) is 11.8 Å². The van der Waals surface area contributed by atoms with E-state index in [0.29, 0.717) is 12.2 Å². The lowest BCUT2D eigenvalue weighted by Crippen LogP contribution is -2.61. The van der Waals surface area contributed by atoms with Crippen molar-refractivity contribution >= 4 is 22.7 Å². The summed E-state index contributed by atoms with van der Waals surface area (Å²) >= 11 is 0. The average molecular weight is 340 g/mol. The van der Waals surface area contributed by atoms with Crippen molar-refractivity contribution in [2.75, 3.05) is 19.6 Å². The Bertz CT molecular complexity index is 813. The number of hydrogen-bond acceptors (Lipinski definition) is 3. The zero-order valence-electron chi connectivity index (χ0n) is 14.6. The van der Waals surface area contributed by atoms with E-state index in [1.54, 1.807) is 4.90 Å². The Labute approximate surface area is 147 Å². The Morgan fingerprint density at radius 3 is 2.80 bits per heavy atom. The number of piperidine rings is 1. The predicted octanol–water partition coefficient (Wildman–Crippen LogP) is 2.57. The minimum atomic E-state index is -0.662. The lowest BCUT2D eigenvalue weighted by molar-refractivity contribution is -0.145. The van der Waals surface area contributed by atoms with Gasteiger partial charge in [-0.15, -0.1) is 0 Å². The summed E-state index contributed by atoms with van der Waals surface area (Å²) < 4.78 is 0. The first-order valence-corrected chi connectivity index (χ1v) is 9.22. The molecule has 2 amide bonds. The molecule has 0 radical (unpaired) electrons. The van der Waals surface area contributed by atoms with Gasteiger partial charge in [-0.05, 0) is 38.2 Å². The standard InChI is InChI=1S/C19H24N4O2/c1-2-11-22-12-5-9-19(18(22)25)10-6-13-23(19)17(24)16-14-7-3-4-8-15(14)20-21-16/h3-4,7-8H,2,5-6,9-13H2,1H3,(H,20,21). The van der Waals surface area contributed by atoms with Gasteiger partial charge in [-0.25, -0.2) is 0 Å². The van der Waals surface area contributed by atoms with Crippen LogP contribution in [0.4, 0.5) is 0 Å². The first-order valence-electron chi connectivity index (χ1n) is 9.22. The summed E-state index contributed by atoms with van der Waals surface area (Å²) in [6.45, 7) is 4.30. The summed E-state index contributed by atoms with van der Waals surface area (Å²) in [4.78, 5) is 30.2. The molecule has 25 heavy (non-hydrogen) atoms. The number of amides is 2. The van der Waals surface area contributed by atoms with Gasteiger partial charge in [-0.1, -0.05) is 25.1 Å². The molecular formula is C19H24N4O2. The Morgan fingerprint density at radius 1 is 1.24 bits per heavy atom. The maximum absolute atomic E-state index is 13.3. The van der Waals surface area contributed by atoms with Crippen LogP contribution in [0.3, 0.4) is 0 Å². The van der Waals surface area contributed by atoms with Gasteiger partial charge < -0.3 is 9.80 Å². The van der Waals surface area contributed by atoms with Gasteiger partial charge in [0.25, 0.3) is 5.91 Å². The highest BCUT2D eigenvalue weighted by atomic mass is 16.2. The monoisotopic (exact) mass is 340 g/mol. The van der Waals surface area contributed by atoms with Crippen molar-refractivity contribution in [3.63, 3.8) is 0 Å². The highest BCUT2D eigenvalue weighted by Crippen LogP contribution is 2.39. The number of para-hydroxylation sites is 1. The molecule has 6 nitrogen and oxygen atoms in total. The smallest absolute Gasteiger partial charge is 0.275 e. The van der Waals surface area contributed by atoms with Crippen molar-refractivity contribution in [1.82, 2.24) is 20.0 Å². The molecule has 0 aliphatic carbocycles. The number of aromatic nitrogens is 2. The van der Waals surface area contributed by atoms with Crippen LogP contribution in [0.15, 0.2) is 24.3 Å². The maximum Gasteiger partial charge on any atom is 0.275 e. The van der Waals surface area contributed by atoms with Crippen molar-refractivity contribution in [3.05, 3.63) is 30.0 Å². The number of aromatic amines is 1. The van der Waals surface area contributed by atoms with E-state index in [1.807, 2.05) is 29.2 Å². The molecule has 6 heteroatoms. The molecule has 2 saturated heterocycles. The number of H-pyrrole nitrogens is 1. The Morgan fingerprint density at radius 2 is 2.00 bits per heavy atom. The van der Waals surface area contributed by atoms with Gasteiger partial charge in [-0.3, -0.25) is 14.7 Å². The Hall–Kier alpha value is -2.37. The second kappa shape index (κ2) is 6.17. The van der Waals surface area contributed by atoms with Gasteiger partial charge >= 0.3 is 0 Å². The van der Waals surface area contributed by atoms with E-state index < -0.39 is 5.54 Å². The summed E-state index contributed by atoms with van der Waals surface area (Å²) in [5, 5.41) is 8.01. The number of nitrogens with one attached hydrogen (secondary N) is 1. The van der Waals surface area contributed by atoms with Gasteiger partial charge in [0, 0.05) is 25.0 Å². The van der Waals surface area contributed by atoms with Crippen molar-refractivity contribution in [3.8, 4) is 0 Å². The molecule has 4 rings (SSSR count). The minimum absolute atomic E-state index is 0.123. The number of carbonyl (C=O) groups excluding carboxylic acids is 2. The van der Waals surface area contributed by atoms with E-state index in [1.165, 1.54) is 0 Å². The van der Waals surface area contributed by atoms with Gasteiger partial charge in [0.2, 0.25) is 5.91 Å². The van der Waals surface area contributed by atoms with Crippen LogP contribution in [0, 0.1) is 0 Å². The fraction of sp³-hybridized carbons (Fsp3) is 0.526. The van der Waals surface area contributed by atoms with Crippen LogP contribution in [-0.4, -0.2) is 57.0 Å². The molecule has 132 valence electrons. The van der Waals surface area contributed by atoms with Crippen LogP contribution in [0.1, 0.15) is 49.5 Å². The lowest BCUT2D eigenvalue weighted by Gasteiger charge is -2.44. The molecule has 1 aromatic carbocycles. The van der Waals surface area contributed by atoms with E-state index >= 15 is 0 Å². The molecule has 2 aliphatic rings. The second-order valence-electron chi connectivity index (χ2n) is 7.11. The number of fused-ring (bicyclic) bond motifs is 1. The number of carbonyl (C=O) groups is 2. The van der Waals surface area contributed by atoms with Crippen molar-refractivity contribution in [1.29, 1.82) is 0 Å². The topological polar surface area (TPSA) is 69.3 Å². The third-order valence-electron chi connectivity index (χ3n) is 5.60. The zero-order chi connectivity index (χ0) is 17.4. The Kier molecular flexibility index (Phi) is 3.98. The molecule has 0 bridgehead atoms. The van der Waals surface area contributed by atoms with E-state index in [2.05, 4.69) is 17.1 Å². The number of benzene rings is 1. The number of hydrogen-bond donors (Lipinski definition) is 1. The van der Waals surface area contributed by atoms with Gasteiger partial charge in [0.15, 0.2) is 5.69 Å². The number of nitrogens with zero attached hydrogens (tertiary/aromatic N) is 3. The largest absolute Gasteiger partial charge is 0.341 e.